The van der Waals surface area contributed by atoms with Crippen LogP contribution < -0.4 is 0 Å². The Morgan fingerprint density at radius 3 is 0.765 bits per heavy atom. The highest BCUT2D eigenvalue weighted by molar-refractivity contribution is 5.71. The van der Waals surface area contributed by atoms with Gasteiger partial charge in [0, 0.05) is 19.3 Å². The molecule has 1 unspecified atom stereocenters. The van der Waals surface area contributed by atoms with Crippen LogP contribution >= 0.6 is 0 Å². The number of carbonyl (C=O) groups is 3. The molecule has 0 spiro atoms. The topological polar surface area (TPSA) is 78.9 Å². The first-order valence-electron chi connectivity index (χ1n) is 35.4. The monoisotopic (exact) mass is 1130 g/mol. The van der Waals surface area contributed by atoms with Crippen molar-refractivity contribution < 1.29 is 28.6 Å². The number of hydrogen-bond acceptors (Lipinski definition) is 6. The molecular weight excluding hydrogens is 997 g/mol. The lowest BCUT2D eigenvalue weighted by atomic mass is 10.0. The van der Waals surface area contributed by atoms with E-state index in [2.05, 4.69) is 93.7 Å². The normalized spacial score (nSPS) is 12.5. The van der Waals surface area contributed by atoms with Crippen LogP contribution in [0, 0.1) is 0 Å². The van der Waals surface area contributed by atoms with Gasteiger partial charge in [-0.15, -0.1) is 0 Å². The first-order chi connectivity index (χ1) is 40.0. The second-order valence-electron chi connectivity index (χ2n) is 23.8. The van der Waals surface area contributed by atoms with Crippen LogP contribution in [-0.4, -0.2) is 37.2 Å². The van der Waals surface area contributed by atoms with Crippen LogP contribution in [0.3, 0.4) is 0 Å². The minimum absolute atomic E-state index is 0.0705. The minimum Gasteiger partial charge on any atom is -0.462 e. The van der Waals surface area contributed by atoms with Gasteiger partial charge in [-0.05, 0) is 89.9 Å². The van der Waals surface area contributed by atoms with Crippen molar-refractivity contribution in [3.63, 3.8) is 0 Å². The van der Waals surface area contributed by atoms with E-state index in [4.69, 9.17) is 14.2 Å². The second kappa shape index (κ2) is 69.3. The molecule has 0 heterocycles. The average molecular weight is 1130 g/mol. The Kier molecular flexibility index (Phi) is 66.6. The van der Waals surface area contributed by atoms with Gasteiger partial charge in [-0.1, -0.05) is 331 Å². The van der Waals surface area contributed by atoms with E-state index >= 15 is 0 Å². The molecule has 0 amide bonds. The SMILES string of the molecule is CC/C=C\C/C=C\C/C=C\C/C=C\C/C=C\CCCCCCCCCCCCCCCCCCCCCC(=O)OCC(COC(=O)CCCCCCCCCCCC)OC(=O)CCCCCCCCC/C=C\CCCCCCCCC. The van der Waals surface area contributed by atoms with Gasteiger partial charge in [0.2, 0.25) is 0 Å². The molecule has 0 radical (unpaired) electrons. The fraction of sp³-hybridized carbons (Fsp3) is 0.800. The van der Waals surface area contributed by atoms with Gasteiger partial charge in [-0.3, -0.25) is 14.4 Å². The van der Waals surface area contributed by atoms with E-state index in [0.29, 0.717) is 19.3 Å². The summed E-state index contributed by atoms with van der Waals surface area (Å²) in [5.41, 5.74) is 0. The summed E-state index contributed by atoms with van der Waals surface area (Å²) in [6, 6.07) is 0. The highest BCUT2D eigenvalue weighted by Crippen LogP contribution is 2.18. The fourth-order valence-electron chi connectivity index (χ4n) is 10.4. The zero-order valence-corrected chi connectivity index (χ0v) is 54.1. The van der Waals surface area contributed by atoms with E-state index in [0.717, 1.165) is 89.9 Å². The molecular formula is C75H134O6. The summed E-state index contributed by atoms with van der Waals surface area (Å²) in [6.07, 6.45) is 90.9. The Morgan fingerprint density at radius 2 is 0.481 bits per heavy atom. The zero-order chi connectivity index (χ0) is 58.5. The molecule has 6 heteroatoms. The third-order valence-corrected chi connectivity index (χ3v) is 15.7. The summed E-state index contributed by atoms with van der Waals surface area (Å²) < 4.78 is 16.9. The summed E-state index contributed by atoms with van der Waals surface area (Å²) in [5, 5.41) is 0. The molecule has 0 saturated carbocycles. The zero-order valence-electron chi connectivity index (χ0n) is 54.1. The van der Waals surface area contributed by atoms with Crippen LogP contribution in [0.4, 0.5) is 0 Å². The van der Waals surface area contributed by atoms with Gasteiger partial charge >= 0.3 is 17.9 Å². The maximum absolute atomic E-state index is 12.9. The minimum atomic E-state index is -0.773. The molecule has 0 aromatic rings. The molecule has 0 saturated heterocycles. The molecule has 0 fully saturated rings. The summed E-state index contributed by atoms with van der Waals surface area (Å²) in [4.78, 5) is 38.3. The molecule has 81 heavy (non-hydrogen) atoms. The van der Waals surface area contributed by atoms with Gasteiger partial charge in [0.25, 0.3) is 0 Å². The number of carbonyl (C=O) groups excluding carboxylic acids is 3. The predicted octanol–water partition coefficient (Wildman–Crippen LogP) is 24.4. The fourth-order valence-corrected chi connectivity index (χ4v) is 10.4. The van der Waals surface area contributed by atoms with Gasteiger partial charge in [0.1, 0.15) is 13.2 Å². The van der Waals surface area contributed by atoms with Gasteiger partial charge in [-0.25, -0.2) is 0 Å². The van der Waals surface area contributed by atoms with Crippen LogP contribution in [0.5, 0.6) is 0 Å². The lowest BCUT2D eigenvalue weighted by Crippen LogP contribution is -2.30. The lowest BCUT2D eigenvalue weighted by molar-refractivity contribution is -0.167. The smallest absolute Gasteiger partial charge is 0.306 e. The highest BCUT2D eigenvalue weighted by atomic mass is 16.6. The molecule has 1 atom stereocenters. The molecule has 0 aromatic carbocycles. The van der Waals surface area contributed by atoms with E-state index in [1.165, 1.54) is 238 Å². The van der Waals surface area contributed by atoms with Crippen molar-refractivity contribution in [1.29, 1.82) is 0 Å². The van der Waals surface area contributed by atoms with Crippen LogP contribution in [0.1, 0.15) is 367 Å². The predicted molar refractivity (Wildman–Crippen MR) is 353 cm³/mol. The van der Waals surface area contributed by atoms with Crippen LogP contribution in [0.15, 0.2) is 72.9 Å². The van der Waals surface area contributed by atoms with Crippen LogP contribution in [0.2, 0.25) is 0 Å². The first kappa shape index (κ1) is 77.9. The molecule has 0 N–H and O–H groups in total. The summed E-state index contributed by atoms with van der Waals surface area (Å²) in [6.45, 7) is 6.56. The van der Waals surface area contributed by atoms with Gasteiger partial charge in [-0.2, -0.15) is 0 Å². The highest BCUT2D eigenvalue weighted by Gasteiger charge is 2.19. The average Bonchev–Trinajstić information content (AvgIpc) is 3.47. The number of hydrogen-bond donors (Lipinski definition) is 0. The molecule has 6 nitrogen and oxygen atoms in total. The molecule has 0 aromatic heterocycles. The third-order valence-electron chi connectivity index (χ3n) is 15.7. The summed E-state index contributed by atoms with van der Waals surface area (Å²) in [5.74, 6) is -0.854. The number of unbranched alkanes of at least 4 members (excludes halogenated alkanes) is 42. The van der Waals surface area contributed by atoms with Gasteiger partial charge in [0.05, 0.1) is 0 Å². The molecule has 0 aliphatic carbocycles. The quantitative estimate of drug-likeness (QED) is 0.0261. The first-order valence-corrected chi connectivity index (χ1v) is 35.4. The number of ether oxygens (including phenoxy) is 3. The maximum Gasteiger partial charge on any atom is 0.306 e. The van der Waals surface area contributed by atoms with E-state index in [1.807, 2.05) is 0 Å². The van der Waals surface area contributed by atoms with Crippen molar-refractivity contribution in [3.8, 4) is 0 Å². The van der Waals surface area contributed by atoms with Crippen LogP contribution in [-0.2, 0) is 28.6 Å². The van der Waals surface area contributed by atoms with Crippen LogP contribution in [0.25, 0.3) is 0 Å². The number of allylic oxidation sites excluding steroid dienone is 12. The van der Waals surface area contributed by atoms with E-state index in [-0.39, 0.29) is 31.1 Å². The standard InChI is InChI=1S/C75H134O6/c1-4-7-10-13-16-19-22-24-26-28-30-31-32-33-34-35-36-37-38-39-40-41-42-43-44-45-46-48-49-51-53-56-59-62-65-68-74(77)80-71-72(70-79-73(76)67-64-61-58-55-21-18-15-12-9-6-3)81-75(78)69-66-63-60-57-54-52-50-47-29-27-25-23-20-17-14-11-8-5-2/h7,10,16,19,24,26-27,29-31,33-34,72H,4-6,8-9,11-15,17-18,20-23,25,28,32,35-71H2,1-3H3/b10-7-,19-16-,26-24-,29-27-,31-30-,34-33-. The summed E-state index contributed by atoms with van der Waals surface area (Å²) >= 11 is 0. The number of esters is 3. The molecule has 0 bridgehead atoms. The third kappa shape index (κ3) is 67.5. The maximum atomic E-state index is 12.9. The summed E-state index contributed by atoms with van der Waals surface area (Å²) in [7, 11) is 0. The second-order valence-corrected chi connectivity index (χ2v) is 23.8. The Bertz CT molecular complexity index is 1490. The molecule has 0 aliphatic rings. The van der Waals surface area contributed by atoms with Gasteiger partial charge < -0.3 is 14.2 Å². The molecule has 0 aliphatic heterocycles. The van der Waals surface area contributed by atoms with E-state index < -0.39 is 6.10 Å². The number of rotatable bonds is 65. The van der Waals surface area contributed by atoms with E-state index in [1.54, 1.807) is 0 Å². The van der Waals surface area contributed by atoms with Crippen molar-refractivity contribution in [2.24, 2.45) is 0 Å². The Balaban J connectivity index is 4.06. The van der Waals surface area contributed by atoms with E-state index in [9.17, 15) is 14.4 Å². The lowest BCUT2D eigenvalue weighted by Gasteiger charge is -2.18. The molecule has 0 rings (SSSR count). The Labute approximate surface area is 503 Å². The van der Waals surface area contributed by atoms with Crippen molar-refractivity contribution in [2.75, 3.05) is 13.2 Å². The van der Waals surface area contributed by atoms with Crippen molar-refractivity contribution in [1.82, 2.24) is 0 Å². The van der Waals surface area contributed by atoms with Gasteiger partial charge in [0.15, 0.2) is 6.10 Å². The Hall–Kier alpha value is -3.15. The van der Waals surface area contributed by atoms with Crippen molar-refractivity contribution in [3.05, 3.63) is 72.9 Å². The Morgan fingerprint density at radius 1 is 0.259 bits per heavy atom. The molecule has 470 valence electrons. The largest absolute Gasteiger partial charge is 0.462 e. The van der Waals surface area contributed by atoms with Crippen molar-refractivity contribution in [2.45, 2.75) is 374 Å². The van der Waals surface area contributed by atoms with Crippen molar-refractivity contribution >= 4 is 17.9 Å².